The van der Waals surface area contributed by atoms with Crippen LogP contribution in [-0.2, 0) is 13.0 Å². The first-order chi connectivity index (χ1) is 17.0. The second-order valence-electron chi connectivity index (χ2n) is 8.88. The molecule has 0 bridgehead atoms. The Morgan fingerprint density at radius 3 is 2.49 bits per heavy atom. The van der Waals surface area contributed by atoms with Gasteiger partial charge in [0.25, 0.3) is 5.56 Å². The Bertz CT molecular complexity index is 1390. The predicted octanol–water partition coefficient (Wildman–Crippen LogP) is 4.80. The Morgan fingerprint density at radius 2 is 1.74 bits per heavy atom. The monoisotopic (exact) mass is 511 g/mol. The van der Waals surface area contributed by atoms with Crippen LogP contribution in [-0.4, -0.2) is 52.6 Å². The molecule has 4 aromatic rings. The second kappa shape index (κ2) is 10.4. The highest BCUT2D eigenvalue weighted by Gasteiger charge is 2.20. The van der Waals surface area contributed by atoms with Crippen LogP contribution in [0.4, 0.5) is 5.69 Å². The minimum absolute atomic E-state index is 0.0545. The molecule has 0 spiro atoms. The van der Waals surface area contributed by atoms with Crippen molar-refractivity contribution in [2.24, 2.45) is 0 Å². The number of nitrogens with zero attached hydrogens (tertiary/aromatic N) is 5. The predicted molar refractivity (Wildman–Crippen MR) is 140 cm³/mol. The van der Waals surface area contributed by atoms with Gasteiger partial charge in [-0.15, -0.1) is 0 Å². The number of hydrogen-bond donors (Lipinski definition) is 0. The largest absolute Gasteiger partial charge is 0.368 e. The first kappa shape index (κ1) is 23.9. The Kier molecular flexibility index (Phi) is 7.09. The molecule has 5 rings (SSSR count). The molecule has 1 fully saturated rings. The Morgan fingerprint density at radius 1 is 0.971 bits per heavy atom. The van der Waals surface area contributed by atoms with E-state index in [1.165, 1.54) is 0 Å². The van der Waals surface area contributed by atoms with Crippen LogP contribution in [0.3, 0.4) is 0 Å². The number of piperazine rings is 1. The molecule has 0 radical (unpaired) electrons. The van der Waals surface area contributed by atoms with E-state index in [0.29, 0.717) is 28.4 Å². The molecule has 7 nitrogen and oxygen atoms in total. The van der Waals surface area contributed by atoms with Crippen molar-refractivity contribution in [2.45, 2.75) is 26.3 Å². The number of rotatable bonds is 7. The lowest BCUT2D eigenvalue weighted by Gasteiger charge is -2.36. The number of anilines is 1. The average Bonchev–Trinajstić information content (AvgIpc) is 3.28. The number of hydrogen-bond acceptors (Lipinski definition) is 6. The highest BCUT2D eigenvalue weighted by Crippen LogP contribution is 2.32. The van der Waals surface area contributed by atoms with E-state index in [-0.39, 0.29) is 5.56 Å². The molecule has 1 aliphatic heterocycles. The van der Waals surface area contributed by atoms with Crippen molar-refractivity contribution in [3.63, 3.8) is 0 Å². The molecule has 0 aliphatic carbocycles. The maximum Gasteiger partial charge on any atom is 0.274 e. The maximum absolute atomic E-state index is 13.1. The fourth-order valence-corrected chi connectivity index (χ4v) is 5.07. The number of aryl methyl sites for hydroxylation is 2. The highest BCUT2D eigenvalue weighted by molar-refractivity contribution is 6.43. The molecule has 0 amide bonds. The molecule has 182 valence electrons. The van der Waals surface area contributed by atoms with Gasteiger partial charge in [0.05, 0.1) is 32.5 Å². The van der Waals surface area contributed by atoms with E-state index in [1.54, 1.807) is 4.68 Å². The molecule has 2 aromatic carbocycles. The van der Waals surface area contributed by atoms with Gasteiger partial charge in [0.15, 0.2) is 0 Å². The van der Waals surface area contributed by atoms with E-state index in [1.807, 2.05) is 55.5 Å². The van der Waals surface area contributed by atoms with E-state index in [4.69, 9.17) is 32.8 Å². The van der Waals surface area contributed by atoms with Gasteiger partial charge >= 0.3 is 0 Å². The third-order valence-corrected chi connectivity index (χ3v) is 7.27. The number of aromatic nitrogens is 3. The van der Waals surface area contributed by atoms with Crippen molar-refractivity contribution in [3.8, 4) is 0 Å². The summed E-state index contributed by atoms with van der Waals surface area (Å²) in [5.74, 6) is 0.760. The summed E-state index contributed by atoms with van der Waals surface area (Å²) in [6.07, 6.45) is 1.36. The summed E-state index contributed by atoms with van der Waals surface area (Å²) in [7, 11) is 0. The summed E-state index contributed by atoms with van der Waals surface area (Å²) in [5.41, 5.74) is 2.57. The van der Waals surface area contributed by atoms with Gasteiger partial charge in [-0.05, 0) is 31.5 Å². The van der Waals surface area contributed by atoms with Gasteiger partial charge in [-0.25, -0.2) is 4.68 Å². The van der Waals surface area contributed by atoms with Crippen LogP contribution in [0.15, 0.2) is 57.8 Å². The Hall–Kier alpha value is -2.87. The van der Waals surface area contributed by atoms with Crippen molar-refractivity contribution in [1.29, 1.82) is 0 Å². The molecule has 2 aromatic heterocycles. The van der Waals surface area contributed by atoms with Crippen molar-refractivity contribution < 1.29 is 4.52 Å². The van der Waals surface area contributed by atoms with E-state index >= 15 is 0 Å². The van der Waals surface area contributed by atoms with Crippen LogP contribution in [0.1, 0.15) is 23.6 Å². The van der Waals surface area contributed by atoms with E-state index < -0.39 is 0 Å². The van der Waals surface area contributed by atoms with Crippen molar-refractivity contribution in [2.75, 3.05) is 37.6 Å². The maximum atomic E-state index is 13.1. The first-order valence-corrected chi connectivity index (χ1v) is 12.6. The van der Waals surface area contributed by atoms with Gasteiger partial charge in [-0.1, -0.05) is 52.6 Å². The molecule has 1 aliphatic rings. The lowest BCUT2D eigenvalue weighted by atomic mass is 10.1. The van der Waals surface area contributed by atoms with Crippen LogP contribution >= 0.6 is 23.2 Å². The van der Waals surface area contributed by atoms with E-state index in [0.717, 1.165) is 67.4 Å². The van der Waals surface area contributed by atoms with E-state index in [2.05, 4.69) is 15.0 Å². The minimum atomic E-state index is -0.0545. The summed E-state index contributed by atoms with van der Waals surface area (Å²) in [6, 6.07) is 15.3. The summed E-state index contributed by atoms with van der Waals surface area (Å²) in [4.78, 5) is 17.8. The topological polar surface area (TPSA) is 67.4 Å². The number of fused-ring (bicyclic) bond motifs is 1. The molecule has 0 saturated carbocycles. The fourth-order valence-electron chi connectivity index (χ4n) is 4.65. The standard InChI is InChI=1S/C26H27Cl2N5O2/c1-18-16-19(30-35-18)17-23-20-6-2-3-7-21(20)26(34)33(29-23)11-5-10-31-12-14-32(15-13-31)24-9-4-8-22(27)25(24)28/h2-4,6-9,16H,5,10-15,17H2,1H3. The molecule has 9 heteroatoms. The van der Waals surface area contributed by atoms with Gasteiger partial charge in [0, 0.05) is 57.1 Å². The Balaban J connectivity index is 1.24. The van der Waals surface area contributed by atoms with Crippen LogP contribution in [0.25, 0.3) is 10.8 Å². The molecule has 35 heavy (non-hydrogen) atoms. The van der Waals surface area contributed by atoms with Crippen LogP contribution in [0.2, 0.25) is 10.0 Å². The lowest BCUT2D eigenvalue weighted by molar-refractivity contribution is 0.248. The lowest BCUT2D eigenvalue weighted by Crippen LogP contribution is -2.47. The molecular weight excluding hydrogens is 485 g/mol. The average molecular weight is 512 g/mol. The normalized spacial score (nSPS) is 14.7. The summed E-state index contributed by atoms with van der Waals surface area (Å²) >= 11 is 12.6. The van der Waals surface area contributed by atoms with Gasteiger partial charge in [-0.2, -0.15) is 5.10 Å². The van der Waals surface area contributed by atoms with Crippen LogP contribution in [0.5, 0.6) is 0 Å². The van der Waals surface area contributed by atoms with Gasteiger partial charge < -0.3 is 9.42 Å². The van der Waals surface area contributed by atoms with E-state index in [9.17, 15) is 4.79 Å². The number of halogens is 2. The first-order valence-electron chi connectivity index (χ1n) is 11.8. The fraction of sp³-hybridized carbons (Fsp3) is 0.346. The molecule has 0 atom stereocenters. The minimum Gasteiger partial charge on any atom is -0.368 e. The van der Waals surface area contributed by atoms with Gasteiger partial charge in [0.2, 0.25) is 0 Å². The zero-order valence-electron chi connectivity index (χ0n) is 19.6. The third kappa shape index (κ3) is 5.22. The zero-order chi connectivity index (χ0) is 24.4. The summed E-state index contributed by atoms with van der Waals surface area (Å²) in [5, 5.41) is 11.6. The molecule has 0 unspecified atom stereocenters. The summed E-state index contributed by atoms with van der Waals surface area (Å²) in [6.45, 7) is 6.96. The third-order valence-electron chi connectivity index (χ3n) is 6.46. The molecule has 1 saturated heterocycles. The quantitative estimate of drug-likeness (QED) is 0.354. The van der Waals surface area contributed by atoms with Crippen LogP contribution in [0, 0.1) is 6.92 Å². The van der Waals surface area contributed by atoms with Crippen molar-refractivity contribution in [3.05, 3.63) is 86.1 Å². The van der Waals surface area contributed by atoms with Crippen LogP contribution < -0.4 is 10.5 Å². The van der Waals surface area contributed by atoms with Crippen molar-refractivity contribution >= 4 is 39.7 Å². The summed E-state index contributed by atoms with van der Waals surface area (Å²) < 4.78 is 6.82. The number of benzene rings is 2. The van der Waals surface area contributed by atoms with Gasteiger partial charge in [-0.3, -0.25) is 9.69 Å². The highest BCUT2D eigenvalue weighted by atomic mass is 35.5. The SMILES string of the molecule is Cc1cc(Cc2nn(CCCN3CCN(c4cccc(Cl)c4Cl)CC3)c(=O)c3ccccc23)no1. The van der Waals surface area contributed by atoms with Crippen molar-refractivity contribution in [1.82, 2.24) is 19.8 Å². The smallest absolute Gasteiger partial charge is 0.274 e. The zero-order valence-corrected chi connectivity index (χ0v) is 21.1. The van der Waals surface area contributed by atoms with Gasteiger partial charge in [0.1, 0.15) is 5.76 Å². The second-order valence-corrected chi connectivity index (χ2v) is 9.67. The molecular formula is C26H27Cl2N5O2. The Labute approximate surface area is 213 Å². The molecule has 3 heterocycles. The molecule has 0 N–H and O–H groups in total.